The molecule has 0 saturated carbocycles. The lowest BCUT2D eigenvalue weighted by atomic mass is 9.97. The smallest absolute Gasteiger partial charge is 0.250 e. The number of allylic oxidation sites excluding steroid dienone is 4. The van der Waals surface area contributed by atoms with Crippen LogP contribution in [0.15, 0.2) is 60.0 Å². The fourth-order valence-corrected chi connectivity index (χ4v) is 4.56. The molecule has 0 spiro atoms. The van der Waals surface area contributed by atoms with E-state index in [2.05, 4.69) is 15.3 Å². The molecular weight excluding hydrogens is 447 g/mol. The minimum absolute atomic E-state index is 0.0894. The van der Waals surface area contributed by atoms with Crippen molar-refractivity contribution in [3.63, 3.8) is 0 Å². The molecule has 1 aliphatic rings. The van der Waals surface area contributed by atoms with Gasteiger partial charge in [0.25, 0.3) is 0 Å². The van der Waals surface area contributed by atoms with Gasteiger partial charge in [0.15, 0.2) is 5.83 Å². The van der Waals surface area contributed by atoms with Crippen LogP contribution in [0.2, 0.25) is 0 Å². The van der Waals surface area contributed by atoms with E-state index in [0.717, 1.165) is 33.5 Å². The standard InChI is InChI=1S/C23H23FN4O4S/c1-14-9-16(28(29)30)10-17(24)22(14)32-20-5-6-26-19-11-21(33-23(19)20)18-4-3-15(13-27-18)12-25-7-8-31-2/h3-6,10-11,13-14,25H,7-9,12H2,1-2H3. The van der Waals surface area contributed by atoms with E-state index in [1.807, 2.05) is 24.4 Å². The maximum Gasteiger partial charge on any atom is 0.250 e. The average Bonchev–Trinajstić information content (AvgIpc) is 3.24. The highest BCUT2D eigenvalue weighted by Crippen LogP contribution is 2.40. The number of thiophene rings is 1. The lowest BCUT2D eigenvalue weighted by Gasteiger charge is -2.19. The van der Waals surface area contributed by atoms with Crippen molar-refractivity contribution in [2.24, 2.45) is 5.92 Å². The predicted octanol–water partition coefficient (Wildman–Crippen LogP) is 4.85. The molecule has 1 unspecified atom stereocenters. The average molecular weight is 471 g/mol. The van der Waals surface area contributed by atoms with Crippen LogP contribution in [0, 0.1) is 16.0 Å². The molecule has 0 saturated heterocycles. The number of rotatable bonds is 9. The predicted molar refractivity (Wildman–Crippen MR) is 124 cm³/mol. The fourth-order valence-electron chi connectivity index (χ4n) is 3.52. The topological polar surface area (TPSA) is 99.4 Å². The molecule has 3 aromatic rings. The number of nitrogens with one attached hydrogen (secondary N) is 1. The lowest BCUT2D eigenvalue weighted by Crippen LogP contribution is -2.18. The van der Waals surface area contributed by atoms with Gasteiger partial charge < -0.3 is 14.8 Å². The van der Waals surface area contributed by atoms with Gasteiger partial charge in [-0.05, 0) is 17.7 Å². The maximum absolute atomic E-state index is 14.6. The number of fused-ring (bicyclic) bond motifs is 1. The normalized spacial score (nSPS) is 16.2. The van der Waals surface area contributed by atoms with Gasteiger partial charge in [0.1, 0.15) is 11.5 Å². The Kier molecular flexibility index (Phi) is 7.07. The van der Waals surface area contributed by atoms with Crippen LogP contribution in [0.25, 0.3) is 20.8 Å². The van der Waals surface area contributed by atoms with Crippen molar-refractivity contribution in [3.05, 3.63) is 75.7 Å². The van der Waals surface area contributed by atoms with Crippen LogP contribution in [0.1, 0.15) is 18.9 Å². The summed E-state index contributed by atoms with van der Waals surface area (Å²) >= 11 is 1.45. The zero-order chi connectivity index (χ0) is 23.4. The van der Waals surface area contributed by atoms with Gasteiger partial charge in [-0.1, -0.05) is 13.0 Å². The van der Waals surface area contributed by atoms with Crippen molar-refractivity contribution in [1.82, 2.24) is 15.3 Å². The quantitative estimate of drug-likeness (QED) is 0.271. The van der Waals surface area contributed by atoms with Gasteiger partial charge >= 0.3 is 0 Å². The van der Waals surface area contributed by atoms with Crippen LogP contribution in [-0.4, -0.2) is 35.2 Å². The minimum atomic E-state index is -0.724. The SMILES string of the molecule is COCCNCc1ccc(-c2cc3nccc(OC4=C(F)C=C([N+](=O)[O-])CC4C)c3s2)nc1. The molecule has 3 heterocycles. The number of nitrogens with zero attached hydrogens (tertiary/aromatic N) is 3. The van der Waals surface area contributed by atoms with Gasteiger partial charge in [0.05, 0.1) is 38.4 Å². The summed E-state index contributed by atoms with van der Waals surface area (Å²) in [4.78, 5) is 20.3. The summed E-state index contributed by atoms with van der Waals surface area (Å²) < 4.78 is 26.3. The molecule has 0 aliphatic heterocycles. The first-order valence-corrected chi connectivity index (χ1v) is 11.2. The molecule has 1 aliphatic carbocycles. The van der Waals surface area contributed by atoms with E-state index in [0.29, 0.717) is 24.4 Å². The number of hydrogen-bond acceptors (Lipinski definition) is 8. The third kappa shape index (κ3) is 5.24. The van der Waals surface area contributed by atoms with Crippen LogP contribution >= 0.6 is 11.3 Å². The van der Waals surface area contributed by atoms with Gasteiger partial charge in [-0.25, -0.2) is 4.39 Å². The van der Waals surface area contributed by atoms with E-state index in [1.54, 1.807) is 26.3 Å². The third-order valence-electron chi connectivity index (χ3n) is 5.21. The van der Waals surface area contributed by atoms with E-state index >= 15 is 0 Å². The van der Waals surface area contributed by atoms with E-state index in [4.69, 9.17) is 9.47 Å². The number of methoxy groups -OCH3 is 1. The van der Waals surface area contributed by atoms with Gasteiger partial charge in [-0.3, -0.25) is 20.1 Å². The molecule has 3 aromatic heterocycles. The molecule has 0 bridgehead atoms. The van der Waals surface area contributed by atoms with Crippen molar-refractivity contribution in [1.29, 1.82) is 0 Å². The van der Waals surface area contributed by atoms with Crippen molar-refractivity contribution >= 4 is 21.6 Å². The van der Waals surface area contributed by atoms with Gasteiger partial charge in [-0.15, -0.1) is 11.3 Å². The second kappa shape index (κ2) is 10.2. The summed E-state index contributed by atoms with van der Waals surface area (Å²) in [5.41, 5.74) is 2.42. The first kappa shape index (κ1) is 23.0. The van der Waals surface area contributed by atoms with Gasteiger partial charge in [0.2, 0.25) is 5.70 Å². The number of aromatic nitrogens is 2. The maximum atomic E-state index is 14.6. The molecular formula is C23H23FN4O4S. The molecule has 33 heavy (non-hydrogen) atoms. The Bertz CT molecular complexity index is 1220. The Hall–Kier alpha value is -3.21. The first-order chi connectivity index (χ1) is 16.0. The first-order valence-electron chi connectivity index (χ1n) is 10.4. The molecule has 0 aromatic carbocycles. The Balaban J connectivity index is 1.56. The Morgan fingerprint density at radius 2 is 2.18 bits per heavy atom. The van der Waals surface area contributed by atoms with Crippen LogP contribution in [0.4, 0.5) is 4.39 Å². The number of halogens is 1. The van der Waals surface area contributed by atoms with Crippen molar-refractivity contribution in [3.8, 4) is 16.3 Å². The Morgan fingerprint density at radius 1 is 1.33 bits per heavy atom. The lowest BCUT2D eigenvalue weighted by molar-refractivity contribution is -0.429. The fraction of sp³-hybridized carbons (Fsp3) is 0.304. The minimum Gasteiger partial charge on any atom is -0.457 e. The third-order valence-corrected chi connectivity index (χ3v) is 6.37. The largest absolute Gasteiger partial charge is 0.457 e. The van der Waals surface area contributed by atoms with E-state index < -0.39 is 16.7 Å². The molecule has 172 valence electrons. The Labute approximate surface area is 193 Å². The summed E-state index contributed by atoms with van der Waals surface area (Å²) in [7, 11) is 1.67. The number of ether oxygens (including phenoxy) is 2. The summed E-state index contributed by atoms with van der Waals surface area (Å²) in [6.07, 6.45) is 4.47. The second-order valence-corrected chi connectivity index (χ2v) is 8.72. The number of hydrogen-bond donors (Lipinski definition) is 1. The zero-order valence-corrected chi connectivity index (χ0v) is 19.0. The second-order valence-electron chi connectivity index (χ2n) is 7.67. The summed E-state index contributed by atoms with van der Waals surface area (Å²) in [5, 5.41) is 14.3. The number of nitro groups is 1. The van der Waals surface area contributed by atoms with E-state index in [-0.39, 0.29) is 17.9 Å². The summed E-state index contributed by atoms with van der Waals surface area (Å²) in [6.45, 7) is 3.83. The van der Waals surface area contributed by atoms with Gasteiger partial charge in [0, 0.05) is 51.0 Å². The molecule has 10 heteroatoms. The summed E-state index contributed by atoms with van der Waals surface area (Å²) in [6, 6.07) is 7.56. The highest BCUT2D eigenvalue weighted by molar-refractivity contribution is 7.22. The zero-order valence-electron chi connectivity index (χ0n) is 18.2. The van der Waals surface area contributed by atoms with Crippen molar-refractivity contribution in [2.45, 2.75) is 19.9 Å². The molecule has 0 amide bonds. The molecule has 1 atom stereocenters. The number of pyridine rings is 2. The van der Waals surface area contributed by atoms with Crippen LogP contribution < -0.4 is 10.1 Å². The monoisotopic (exact) mass is 470 g/mol. The van der Waals surface area contributed by atoms with E-state index in [1.165, 1.54) is 11.3 Å². The van der Waals surface area contributed by atoms with Crippen LogP contribution in [0.5, 0.6) is 5.75 Å². The molecule has 0 radical (unpaired) electrons. The highest BCUT2D eigenvalue weighted by Gasteiger charge is 2.29. The molecule has 0 fully saturated rings. The van der Waals surface area contributed by atoms with E-state index in [9.17, 15) is 14.5 Å². The van der Waals surface area contributed by atoms with Crippen LogP contribution in [-0.2, 0) is 11.3 Å². The van der Waals surface area contributed by atoms with Crippen molar-refractivity contribution < 1.29 is 18.8 Å². The molecule has 8 nitrogen and oxygen atoms in total. The molecule has 4 rings (SSSR count). The Morgan fingerprint density at radius 3 is 2.88 bits per heavy atom. The van der Waals surface area contributed by atoms with Gasteiger partial charge in [-0.2, -0.15) is 0 Å². The molecule has 1 N–H and O–H groups in total. The highest BCUT2D eigenvalue weighted by atomic mass is 32.1. The summed E-state index contributed by atoms with van der Waals surface area (Å²) in [5.74, 6) is -0.625. The van der Waals surface area contributed by atoms with Crippen LogP contribution in [0.3, 0.4) is 0 Å². The van der Waals surface area contributed by atoms with Crippen molar-refractivity contribution in [2.75, 3.05) is 20.3 Å².